The zero-order valence-corrected chi connectivity index (χ0v) is 12.4. The first-order chi connectivity index (χ1) is 10.1. The lowest BCUT2D eigenvalue weighted by Crippen LogP contribution is -2.04. The van der Waals surface area contributed by atoms with E-state index in [-0.39, 0.29) is 11.9 Å². The van der Waals surface area contributed by atoms with Crippen LogP contribution in [0.5, 0.6) is 0 Å². The summed E-state index contributed by atoms with van der Waals surface area (Å²) in [5.74, 6) is 0.162. The molecule has 0 saturated carbocycles. The van der Waals surface area contributed by atoms with E-state index in [1.165, 1.54) is 16.9 Å². The van der Waals surface area contributed by atoms with Crippen molar-refractivity contribution in [2.45, 2.75) is 24.9 Å². The Kier molecular flexibility index (Phi) is 3.46. The summed E-state index contributed by atoms with van der Waals surface area (Å²) in [5.41, 5.74) is 1.39. The minimum atomic E-state index is -0.298. The van der Waals surface area contributed by atoms with Crippen LogP contribution in [-0.4, -0.2) is 30.0 Å². The van der Waals surface area contributed by atoms with E-state index in [1.54, 1.807) is 23.0 Å². The van der Waals surface area contributed by atoms with E-state index in [0.29, 0.717) is 22.1 Å². The molecule has 0 bridgehead atoms. The van der Waals surface area contributed by atoms with E-state index < -0.39 is 0 Å². The number of hydrogen-bond acceptors (Lipinski definition) is 5. The SMILES string of the molecule is CC(C)n1nnc(-c2cnn(-c3ccc(F)cc3)c2S)n1. The van der Waals surface area contributed by atoms with Crippen LogP contribution in [-0.2, 0) is 0 Å². The van der Waals surface area contributed by atoms with E-state index in [2.05, 4.69) is 33.1 Å². The molecule has 0 saturated heterocycles. The van der Waals surface area contributed by atoms with Gasteiger partial charge in [-0.15, -0.1) is 22.8 Å². The molecule has 0 aliphatic carbocycles. The van der Waals surface area contributed by atoms with Gasteiger partial charge in [-0.3, -0.25) is 0 Å². The van der Waals surface area contributed by atoms with Crippen LogP contribution in [0.4, 0.5) is 4.39 Å². The third-order valence-corrected chi connectivity index (χ3v) is 3.38. The van der Waals surface area contributed by atoms with Gasteiger partial charge in [0.05, 0.1) is 23.5 Å². The quantitative estimate of drug-likeness (QED) is 0.755. The Morgan fingerprint density at radius 1 is 1.19 bits per heavy atom. The Morgan fingerprint density at radius 3 is 2.52 bits per heavy atom. The van der Waals surface area contributed by atoms with E-state index in [0.717, 1.165) is 0 Å². The summed E-state index contributed by atoms with van der Waals surface area (Å²) in [6, 6.07) is 6.13. The second-order valence-electron chi connectivity index (χ2n) is 4.80. The first-order valence-electron chi connectivity index (χ1n) is 6.39. The Hall–Kier alpha value is -2.22. The summed E-state index contributed by atoms with van der Waals surface area (Å²) in [7, 11) is 0. The van der Waals surface area contributed by atoms with Gasteiger partial charge >= 0.3 is 0 Å². The van der Waals surface area contributed by atoms with Crippen LogP contribution in [0, 0.1) is 5.82 Å². The molecule has 3 rings (SSSR count). The largest absolute Gasteiger partial charge is 0.227 e. The molecular weight excluding hydrogens is 291 g/mol. The predicted octanol–water partition coefficient (Wildman–Crippen LogP) is 2.53. The molecule has 0 aliphatic heterocycles. The summed E-state index contributed by atoms with van der Waals surface area (Å²) in [5, 5.41) is 17.1. The fraction of sp³-hybridized carbons (Fsp3) is 0.231. The first kappa shape index (κ1) is 13.7. The Labute approximate surface area is 126 Å². The summed E-state index contributed by atoms with van der Waals surface area (Å²) >= 11 is 4.46. The number of benzene rings is 1. The van der Waals surface area contributed by atoms with Gasteiger partial charge in [-0.05, 0) is 43.3 Å². The molecule has 0 fully saturated rings. The van der Waals surface area contributed by atoms with Crippen molar-refractivity contribution in [3.05, 3.63) is 36.3 Å². The van der Waals surface area contributed by atoms with Gasteiger partial charge in [0.1, 0.15) is 10.8 Å². The van der Waals surface area contributed by atoms with Gasteiger partial charge in [0.15, 0.2) is 0 Å². The van der Waals surface area contributed by atoms with Crippen LogP contribution in [0.15, 0.2) is 35.5 Å². The highest BCUT2D eigenvalue weighted by molar-refractivity contribution is 7.80. The Morgan fingerprint density at radius 2 is 1.90 bits per heavy atom. The highest BCUT2D eigenvalue weighted by Gasteiger charge is 2.16. The fourth-order valence-corrected chi connectivity index (χ4v) is 2.15. The van der Waals surface area contributed by atoms with Crippen molar-refractivity contribution in [1.82, 2.24) is 30.0 Å². The molecule has 0 radical (unpaired) electrons. The molecule has 6 nitrogen and oxygen atoms in total. The summed E-state index contributed by atoms with van der Waals surface area (Å²) < 4.78 is 14.6. The molecule has 3 aromatic rings. The maximum absolute atomic E-state index is 13.0. The fourth-order valence-electron chi connectivity index (χ4n) is 1.82. The van der Waals surface area contributed by atoms with Crippen molar-refractivity contribution in [1.29, 1.82) is 0 Å². The van der Waals surface area contributed by atoms with Gasteiger partial charge < -0.3 is 0 Å². The number of thiol groups is 1. The molecule has 1 aromatic carbocycles. The third-order valence-electron chi connectivity index (χ3n) is 2.95. The molecule has 0 N–H and O–H groups in total. The highest BCUT2D eigenvalue weighted by Crippen LogP contribution is 2.25. The normalized spacial score (nSPS) is 11.3. The molecule has 2 heterocycles. The van der Waals surface area contributed by atoms with E-state index in [9.17, 15) is 4.39 Å². The number of aromatic nitrogens is 6. The molecule has 8 heteroatoms. The lowest BCUT2D eigenvalue weighted by Gasteiger charge is -2.03. The maximum atomic E-state index is 13.0. The van der Waals surface area contributed by atoms with Crippen LogP contribution in [0.25, 0.3) is 17.1 Å². The highest BCUT2D eigenvalue weighted by atomic mass is 32.1. The van der Waals surface area contributed by atoms with Crippen LogP contribution in [0.2, 0.25) is 0 Å². The summed E-state index contributed by atoms with van der Waals surface area (Å²) in [6.45, 7) is 3.93. The monoisotopic (exact) mass is 304 g/mol. The Bertz CT molecular complexity index is 761. The third kappa shape index (κ3) is 2.54. The van der Waals surface area contributed by atoms with Crippen LogP contribution in [0.1, 0.15) is 19.9 Å². The molecule has 0 atom stereocenters. The minimum absolute atomic E-state index is 0.127. The number of halogens is 1. The van der Waals surface area contributed by atoms with Gasteiger partial charge in [0.2, 0.25) is 5.82 Å². The maximum Gasteiger partial charge on any atom is 0.209 e. The van der Waals surface area contributed by atoms with Crippen molar-refractivity contribution in [3.63, 3.8) is 0 Å². The lowest BCUT2D eigenvalue weighted by atomic mass is 10.3. The van der Waals surface area contributed by atoms with Crippen molar-refractivity contribution in [2.75, 3.05) is 0 Å². The average Bonchev–Trinajstić information content (AvgIpc) is 3.06. The summed E-state index contributed by atoms with van der Waals surface area (Å²) in [6.07, 6.45) is 1.62. The molecule has 108 valence electrons. The van der Waals surface area contributed by atoms with Gasteiger partial charge in [0, 0.05) is 0 Å². The number of tetrazole rings is 1. The van der Waals surface area contributed by atoms with Crippen molar-refractivity contribution in [3.8, 4) is 17.1 Å². The van der Waals surface area contributed by atoms with Crippen LogP contribution < -0.4 is 0 Å². The van der Waals surface area contributed by atoms with E-state index in [1.807, 2.05) is 13.8 Å². The van der Waals surface area contributed by atoms with Gasteiger partial charge in [-0.2, -0.15) is 9.90 Å². The van der Waals surface area contributed by atoms with Crippen molar-refractivity contribution < 1.29 is 4.39 Å². The molecule has 0 aliphatic rings. The number of rotatable bonds is 3. The minimum Gasteiger partial charge on any atom is -0.227 e. The zero-order chi connectivity index (χ0) is 15.0. The summed E-state index contributed by atoms with van der Waals surface area (Å²) in [4.78, 5) is 1.53. The molecule has 2 aromatic heterocycles. The lowest BCUT2D eigenvalue weighted by molar-refractivity contribution is 0.455. The molecule has 21 heavy (non-hydrogen) atoms. The number of nitrogens with zero attached hydrogens (tertiary/aromatic N) is 6. The molecular formula is C13H13FN6S. The van der Waals surface area contributed by atoms with E-state index >= 15 is 0 Å². The second kappa shape index (κ2) is 5.28. The van der Waals surface area contributed by atoms with E-state index in [4.69, 9.17) is 0 Å². The van der Waals surface area contributed by atoms with Gasteiger partial charge in [-0.25, -0.2) is 9.07 Å². The molecule has 0 amide bonds. The van der Waals surface area contributed by atoms with Crippen LogP contribution in [0.3, 0.4) is 0 Å². The first-order valence-corrected chi connectivity index (χ1v) is 6.84. The van der Waals surface area contributed by atoms with Gasteiger partial charge in [0.25, 0.3) is 0 Å². The van der Waals surface area contributed by atoms with Gasteiger partial charge in [-0.1, -0.05) is 0 Å². The zero-order valence-electron chi connectivity index (χ0n) is 11.5. The Balaban J connectivity index is 2.00. The topological polar surface area (TPSA) is 61.4 Å². The standard InChI is InChI=1S/C13H13FN6S/c1-8(2)20-17-12(16-18-20)11-7-15-19(13(11)21)10-5-3-9(14)4-6-10/h3-8,21H,1-2H3. The number of hydrogen-bond donors (Lipinski definition) is 1. The van der Waals surface area contributed by atoms with Crippen molar-refractivity contribution in [2.24, 2.45) is 0 Å². The van der Waals surface area contributed by atoms with Crippen LogP contribution >= 0.6 is 12.6 Å². The average molecular weight is 304 g/mol. The smallest absolute Gasteiger partial charge is 0.209 e. The molecule has 0 spiro atoms. The molecule has 0 unspecified atom stereocenters. The van der Waals surface area contributed by atoms with Crippen molar-refractivity contribution >= 4 is 12.6 Å². The second-order valence-corrected chi connectivity index (χ2v) is 5.22. The predicted molar refractivity (Wildman–Crippen MR) is 78.0 cm³/mol.